The van der Waals surface area contributed by atoms with E-state index in [2.05, 4.69) is 33.3 Å². The largest absolute Gasteiger partial charge is 0.364 e. The Morgan fingerprint density at radius 1 is 1.20 bits per heavy atom. The number of rotatable bonds is 5. The van der Waals surface area contributed by atoms with E-state index in [1.54, 1.807) is 0 Å². The molecular formula is C16H23N3O. The van der Waals surface area contributed by atoms with Gasteiger partial charge in [-0.15, -0.1) is 0 Å². The Morgan fingerprint density at radius 3 is 2.85 bits per heavy atom. The molecule has 2 heterocycles. The van der Waals surface area contributed by atoms with Crippen molar-refractivity contribution in [3.05, 3.63) is 29.3 Å². The number of carbonyl (C=O) groups excluding carboxylic acids is 1. The van der Waals surface area contributed by atoms with Crippen LogP contribution in [0.25, 0.3) is 0 Å². The first-order valence-corrected chi connectivity index (χ1v) is 7.60. The lowest BCUT2D eigenvalue weighted by Crippen LogP contribution is -2.44. The van der Waals surface area contributed by atoms with E-state index >= 15 is 0 Å². The van der Waals surface area contributed by atoms with Crippen molar-refractivity contribution >= 4 is 12.0 Å². The number of nitrogens with zero attached hydrogens (tertiary/aromatic N) is 2. The summed E-state index contributed by atoms with van der Waals surface area (Å²) < 4.78 is 0. The van der Waals surface area contributed by atoms with Gasteiger partial charge in [-0.2, -0.15) is 0 Å². The summed E-state index contributed by atoms with van der Waals surface area (Å²) >= 11 is 0. The number of hydrogen-bond acceptors (Lipinski definition) is 4. The molecule has 1 fully saturated rings. The van der Waals surface area contributed by atoms with E-state index in [0.717, 1.165) is 58.4 Å². The molecule has 0 atom stereocenters. The predicted molar refractivity (Wildman–Crippen MR) is 81.4 cm³/mol. The average Bonchev–Trinajstić information content (AvgIpc) is 2.89. The zero-order valence-electron chi connectivity index (χ0n) is 12.0. The van der Waals surface area contributed by atoms with Crippen LogP contribution in [0.1, 0.15) is 11.1 Å². The van der Waals surface area contributed by atoms with Crippen molar-refractivity contribution in [3.8, 4) is 0 Å². The van der Waals surface area contributed by atoms with Crippen LogP contribution in [0.15, 0.2) is 18.2 Å². The monoisotopic (exact) mass is 273 g/mol. The van der Waals surface area contributed by atoms with Gasteiger partial charge in [0.1, 0.15) is 6.29 Å². The summed E-state index contributed by atoms with van der Waals surface area (Å²) in [4.78, 5) is 15.4. The van der Waals surface area contributed by atoms with Gasteiger partial charge in [-0.1, -0.05) is 12.1 Å². The van der Waals surface area contributed by atoms with E-state index in [-0.39, 0.29) is 0 Å². The van der Waals surface area contributed by atoms with Gasteiger partial charge in [-0.05, 0) is 30.0 Å². The van der Waals surface area contributed by atoms with Crippen molar-refractivity contribution in [1.82, 2.24) is 10.2 Å². The second-order valence-electron chi connectivity index (χ2n) is 5.67. The number of aldehydes is 1. The van der Waals surface area contributed by atoms with Crippen LogP contribution in [0.3, 0.4) is 0 Å². The van der Waals surface area contributed by atoms with Gasteiger partial charge in [0.2, 0.25) is 0 Å². The topological polar surface area (TPSA) is 35.6 Å². The molecule has 4 nitrogen and oxygen atoms in total. The van der Waals surface area contributed by atoms with Crippen LogP contribution in [0.4, 0.5) is 5.69 Å². The van der Waals surface area contributed by atoms with Crippen LogP contribution >= 0.6 is 0 Å². The average molecular weight is 273 g/mol. The fourth-order valence-corrected chi connectivity index (χ4v) is 3.18. The van der Waals surface area contributed by atoms with E-state index in [9.17, 15) is 4.79 Å². The SMILES string of the molecule is O=CCN1CCc2cc(CCN3CCNCC3)ccc21. The first kappa shape index (κ1) is 13.6. The van der Waals surface area contributed by atoms with Crippen LogP contribution in [-0.4, -0.2) is 57.0 Å². The Kier molecular flexibility index (Phi) is 4.33. The van der Waals surface area contributed by atoms with Gasteiger partial charge in [-0.25, -0.2) is 0 Å². The summed E-state index contributed by atoms with van der Waals surface area (Å²) in [7, 11) is 0. The van der Waals surface area contributed by atoms with E-state index in [4.69, 9.17) is 0 Å². The zero-order chi connectivity index (χ0) is 13.8. The second kappa shape index (κ2) is 6.37. The molecule has 2 aliphatic rings. The van der Waals surface area contributed by atoms with Crippen LogP contribution in [0.5, 0.6) is 0 Å². The molecule has 0 radical (unpaired) electrons. The molecule has 1 saturated heterocycles. The lowest BCUT2D eigenvalue weighted by atomic mass is 10.1. The Bertz CT molecular complexity index is 469. The standard InChI is InChI=1S/C16H23N3O/c20-12-11-19-8-4-15-13-14(1-2-16(15)19)3-7-18-9-5-17-6-10-18/h1-2,12-13,17H,3-11H2. The number of piperazine rings is 1. The van der Waals surface area contributed by atoms with Crippen molar-refractivity contribution in [2.24, 2.45) is 0 Å². The lowest BCUT2D eigenvalue weighted by Gasteiger charge is -2.27. The van der Waals surface area contributed by atoms with Gasteiger partial charge in [0.05, 0.1) is 6.54 Å². The molecule has 0 spiro atoms. The fourth-order valence-electron chi connectivity index (χ4n) is 3.18. The molecule has 108 valence electrons. The molecule has 3 rings (SSSR count). The third-order valence-electron chi connectivity index (χ3n) is 4.36. The zero-order valence-corrected chi connectivity index (χ0v) is 12.0. The summed E-state index contributed by atoms with van der Waals surface area (Å²) in [5.74, 6) is 0. The highest BCUT2D eigenvalue weighted by atomic mass is 16.1. The highest BCUT2D eigenvalue weighted by Crippen LogP contribution is 2.28. The van der Waals surface area contributed by atoms with E-state index < -0.39 is 0 Å². The first-order valence-electron chi connectivity index (χ1n) is 7.60. The normalized spacial score (nSPS) is 19.1. The Balaban J connectivity index is 1.60. The summed E-state index contributed by atoms with van der Waals surface area (Å²) in [6, 6.07) is 6.76. The quantitative estimate of drug-likeness (QED) is 0.801. The maximum absolute atomic E-state index is 10.7. The molecule has 1 N–H and O–H groups in total. The molecule has 20 heavy (non-hydrogen) atoms. The van der Waals surface area contributed by atoms with Gasteiger partial charge < -0.3 is 19.9 Å². The second-order valence-corrected chi connectivity index (χ2v) is 5.67. The highest BCUT2D eigenvalue weighted by molar-refractivity contribution is 5.66. The van der Waals surface area contributed by atoms with E-state index in [0.29, 0.717) is 6.54 Å². The number of carbonyl (C=O) groups is 1. The molecule has 0 saturated carbocycles. The van der Waals surface area contributed by atoms with Crippen LogP contribution in [0, 0.1) is 0 Å². The third-order valence-corrected chi connectivity index (χ3v) is 4.36. The third kappa shape index (κ3) is 3.02. The minimum atomic E-state index is 0.521. The smallest absolute Gasteiger partial charge is 0.139 e. The van der Waals surface area contributed by atoms with Gasteiger partial charge in [0.25, 0.3) is 0 Å². The molecule has 1 aromatic carbocycles. The minimum absolute atomic E-state index is 0.521. The molecular weight excluding hydrogens is 250 g/mol. The van der Waals surface area contributed by atoms with Crippen LogP contribution in [0.2, 0.25) is 0 Å². The number of hydrogen-bond donors (Lipinski definition) is 1. The summed E-state index contributed by atoms with van der Waals surface area (Å²) in [6.45, 7) is 7.22. The number of benzene rings is 1. The molecule has 0 unspecified atom stereocenters. The van der Waals surface area contributed by atoms with Crippen LogP contribution < -0.4 is 10.2 Å². The van der Waals surface area contributed by atoms with Crippen molar-refractivity contribution < 1.29 is 4.79 Å². The number of fused-ring (bicyclic) bond motifs is 1. The van der Waals surface area contributed by atoms with Crippen LogP contribution in [-0.2, 0) is 17.6 Å². The van der Waals surface area contributed by atoms with Crippen molar-refractivity contribution in [2.75, 3.05) is 50.7 Å². The molecule has 1 aromatic rings. The van der Waals surface area contributed by atoms with Gasteiger partial charge in [-0.3, -0.25) is 0 Å². The van der Waals surface area contributed by atoms with Crippen molar-refractivity contribution in [1.29, 1.82) is 0 Å². The first-order chi connectivity index (χ1) is 9.86. The van der Waals surface area contributed by atoms with E-state index in [1.165, 1.54) is 16.8 Å². The van der Waals surface area contributed by atoms with Crippen molar-refractivity contribution in [2.45, 2.75) is 12.8 Å². The predicted octanol–water partition coefficient (Wildman–Crippen LogP) is 0.696. The minimum Gasteiger partial charge on any atom is -0.364 e. The molecule has 0 amide bonds. The highest BCUT2D eigenvalue weighted by Gasteiger charge is 2.18. The van der Waals surface area contributed by atoms with Crippen molar-refractivity contribution in [3.63, 3.8) is 0 Å². The van der Waals surface area contributed by atoms with Gasteiger partial charge in [0, 0.05) is 45.0 Å². The number of nitrogens with one attached hydrogen (secondary N) is 1. The van der Waals surface area contributed by atoms with Gasteiger partial charge >= 0.3 is 0 Å². The molecule has 0 aliphatic carbocycles. The lowest BCUT2D eigenvalue weighted by molar-refractivity contribution is -0.106. The number of anilines is 1. The maximum atomic E-state index is 10.7. The summed E-state index contributed by atoms with van der Waals surface area (Å²) in [5, 5.41) is 3.39. The maximum Gasteiger partial charge on any atom is 0.139 e. The Hall–Kier alpha value is -1.39. The molecule has 4 heteroatoms. The van der Waals surface area contributed by atoms with E-state index in [1.807, 2.05) is 0 Å². The molecule has 0 bridgehead atoms. The van der Waals surface area contributed by atoms with Gasteiger partial charge in [0.15, 0.2) is 0 Å². The Labute approximate surface area is 120 Å². The summed E-state index contributed by atoms with van der Waals surface area (Å²) in [6.07, 6.45) is 3.19. The molecule has 0 aromatic heterocycles. The molecule has 2 aliphatic heterocycles. The summed E-state index contributed by atoms with van der Waals surface area (Å²) in [5.41, 5.74) is 4.09. The Morgan fingerprint density at radius 2 is 2.05 bits per heavy atom. The fraction of sp³-hybridized carbons (Fsp3) is 0.562.